The zero-order valence-electron chi connectivity index (χ0n) is 20.8. The summed E-state index contributed by atoms with van der Waals surface area (Å²) in [4.78, 5) is 24.3. The maximum Gasteiger partial charge on any atom is 0.490 e. The minimum absolute atomic E-state index is 0.0407. The van der Waals surface area contributed by atoms with Gasteiger partial charge in [0.1, 0.15) is 5.75 Å². The highest BCUT2D eigenvalue weighted by molar-refractivity contribution is 5.73. The topological polar surface area (TPSA) is 127 Å². The van der Waals surface area contributed by atoms with Crippen molar-refractivity contribution in [1.29, 1.82) is 0 Å². The van der Waals surface area contributed by atoms with Crippen LogP contribution in [0, 0.1) is 5.92 Å². The summed E-state index contributed by atoms with van der Waals surface area (Å²) in [5.41, 5.74) is 1.32. The van der Waals surface area contributed by atoms with Crippen molar-refractivity contribution in [3.8, 4) is 5.75 Å². The number of nitrogens with zero attached hydrogens (tertiary/aromatic N) is 4. The van der Waals surface area contributed by atoms with Crippen LogP contribution in [0.4, 0.5) is 26.3 Å². The summed E-state index contributed by atoms with van der Waals surface area (Å²) in [5, 5.41) is 18.6. The van der Waals surface area contributed by atoms with E-state index in [4.69, 9.17) is 29.3 Å². The van der Waals surface area contributed by atoms with Gasteiger partial charge in [0.2, 0.25) is 0 Å². The molecule has 2 aromatic rings. The van der Waals surface area contributed by atoms with Crippen LogP contribution in [-0.4, -0.2) is 86.1 Å². The molecular formula is C23H28F6N4O6. The number of aryl methyl sites for hydroxylation is 1. The highest BCUT2D eigenvalue weighted by Crippen LogP contribution is 2.42. The van der Waals surface area contributed by atoms with E-state index in [0.717, 1.165) is 58.0 Å². The number of halogens is 6. The van der Waals surface area contributed by atoms with Gasteiger partial charge in [0.05, 0.1) is 24.6 Å². The molecule has 2 aliphatic heterocycles. The molecule has 1 atom stereocenters. The maximum atomic E-state index is 10.6. The van der Waals surface area contributed by atoms with Crippen LogP contribution < -0.4 is 4.74 Å². The van der Waals surface area contributed by atoms with Crippen molar-refractivity contribution in [3.05, 3.63) is 42.5 Å². The second-order valence-electron chi connectivity index (χ2n) is 8.68. The monoisotopic (exact) mass is 570 g/mol. The van der Waals surface area contributed by atoms with Gasteiger partial charge in [0.25, 0.3) is 0 Å². The molecule has 0 radical (unpaired) electrons. The smallest absolute Gasteiger partial charge is 0.490 e. The number of ether oxygens (including phenoxy) is 2. The summed E-state index contributed by atoms with van der Waals surface area (Å²) in [6.45, 7) is 7.63. The quantitative estimate of drug-likeness (QED) is 0.480. The number of carbonyl (C=O) groups is 2. The van der Waals surface area contributed by atoms with Crippen LogP contribution in [0.3, 0.4) is 0 Å². The van der Waals surface area contributed by atoms with Gasteiger partial charge in [0, 0.05) is 50.7 Å². The molecule has 1 spiro atoms. The molecule has 0 aromatic carbocycles. The summed E-state index contributed by atoms with van der Waals surface area (Å²) in [5.74, 6) is -4.09. The largest absolute Gasteiger partial charge is 0.492 e. The molecule has 2 N–H and O–H groups in total. The first-order chi connectivity index (χ1) is 18.2. The van der Waals surface area contributed by atoms with Crippen molar-refractivity contribution in [3.63, 3.8) is 0 Å². The summed E-state index contributed by atoms with van der Waals surface area (Å²) >= 11 is 0. The van der Waals surface area contributed by atoms with E-state index in [2.05, 4.69) is 28.1 Å². The summed E-state index contributed by atoms with van der Waals surface area (Å²) in [6.07, 6.45) is -0.347. The van der Waals surface area contributed by atoms with Crippen LogP contribution in [-0.2, 0) is 27.4 Å². The van der Waals surface area contributed by atoms with E-state index >= 15 is 0 Å². The van der Waals surface area contributed by atoms with Crippen molar-refractivity contribution < 1.29 is 55.6 Å². The standard InChI is InChI=1S/C19H26N4O2.2C2HF3O2/c1-2-23-13-16(10-21-23)12-22-14-19(15-22)17(6-9-25-19)5-8-24-18-4-3-7-20-11-18;2*3-2(4,5)1(6)7/h3-4,7,10-11,13,17H,2,5-6,8-9,12,14-15H2,1H3;2*(H,6,7). The SMILES string of the molecule is CCn1cc(CN2CC3(C2)OCCC3CCOc2cccnc2)cn1.O=C(O)C(F)(F)F.O=C(O)C(F)(F)F. The summed E-state index contributed by atoms with van der Waals surface area (Å²) in [6, 6.07) is 3.86. The van der Waals surface area contributed by atoms with Gasteiger partial charge in [-0.05, 0) is 37.8 Å². The predicted molar refractivity (Wildman–Crippen MR) is 122 cm³/mol. The maximum absolute atomic E-state index is 10.6. The molecule has 10 nitrogen and oxygen atoms in total. The lowest BCUT2D eigenvalue weighted by Crippen LogP contribution is -2.64. The number of alkyl halides is 6. The Morgan fingerprint density at radius 2 is 1.74 bits per heavy atom. The molecule has 2 aliphatic rings. The second-order valence-corrected chi connectivity index (χ2v) is 8.68. The molecular weight excluding hydrogens is 542 g/mol. The van der Waals surface area contributed by atoms with Crippen molar-refractivity contribution in [2.45, 2.75) is 50.8 Å². The Morgan fingerprint density at radius 3 is 2.23 bits per heavy atom. The van der Waals surface area contributed by atoms with Crippen LogP contribution in [0.5, 0.6) is 5.75 Å². The van der Waals surface area contributed by atoms with Crippen molar-refractivity contribution in [2.75, 3.05) is 26.3 Å². The van der Waals surface area contributed by atoms with Crippen LogP contribution >= 0.6 is 0 Å². The Morgan fingerprint density at radius 1 is 1.13 bits per heavy atom. The molecule has 2 saturated heterocycles. The zero-order valence-corrected chi connectivity index (χ0v) is 20.8. The molecule has 0 saturated carbocycles. The molecule has 39 heavy (non-hydrogen) atoms. The fourth-order valence-electron chi connectivity index (χ4n) is 4.04. The van der Waals surface area contributed by atoms with Crippen molar-refractivity contribution >= 4 is 11.9 Å². The fourth-order valence-corrected chi connectivity index (χ4v) is 4.04. The summed E-state index contributed by atoms with van der Waals surface area (Å²) in [7, 11) is 0. The lowest BCUT2D eigenvalue weighted by atomic mass is 9.79. The van der Waals surface area contributed by atoms with E-state index < -0.39 is 24.3 Å². The van der Waals surface area contributed by atoms with Gasteiger partial charge in [-0.1, -0.05) is 0 Å². The number of pyridine rings is 1. The number of rotatable bonds is 7. The van der Waals surface area contributed by atoms with Crippen molar-refractivity contribution in [2.24, 2.45) is 5.92 Å². The molecule has 4 heterocycles. The Bertz CT molecular complexity index is 1030. The third-order valence-corrected chi connectivity index (χ3v) is 5.85. The van der Waals surface area contributed by atoms with Gasteiger partial charge in [-0.15, -0.1) is 0 Å². The molecule has 1 unspecified atom stereocenters. The highest BCUT2D eigenvalue weighted by atomic mass is 19.4. The number of aromatic nitrogens is 3. The van der Waals surface area contributed by atoms with E-state index in [1.54, 1.807) is 12.4 Å². The first-order valence-electron chi connectivity index (χ1n) is 11.7. The minimum Gasteiger partial charge on any atom is -0.492 e. The molecule has 0 aliphatic carbocycles. The second kappa shape index (κ2) is 13.6. The highest BCUT2D eigenvalue weighted by Gasteiger charge is 2.52. The first-order valence-corrected chi connectivity index (χ1v) is 11.7. The molecule has 16 heteroatoms. The Kier molecular flexibility index (Phi) is 11.1. The first kappa shape index (κ1) is 31.8. The number of carboxylic acid groups (broad SMARTS) is 2. The van der Waals surface area contributed by atoms with E-state index in [0.29, 0.717) is 5.92 Å². The van der Waals surface area contributed by atoms with Crippen LogP contribution in [0.2, 0.25) is 0 Å². The molecule has 2 fully saturated rings. The van der Waals surface area contributed by atoms with Gasteiger partial charge < -0.3 is 19.7 Å². The van der Waals surface area contributed by atoms with Gasteiger partial charge >= 0.3 is 24.3 Å². The number of hydrogen-bond acceptors (Lipinski definition) is 7. The summed E-state index contributed by atoms with van der Waals surface area (Å²) < 4.78 is 77.4. The number of aliphatic carboxylic acids is 2. The Labute approximate surface area is 219 Å². The normalized spacial score (nSPS) is 18.3. The predicted octanol–water partition coefficient (Wildman–Crippen LogP) is 3.62. The Balaban J connectivity index is 0.000000317. The number of likely N-dealkylation sites (tertiary alicyclic amines) is 1. The number of hydrogen-bond donors (Lipinski definition) is 2. The third-order valence-electron chi connectivity index (χ3n) is 5.85. The fraction of sp³-hybridized carbons (Fsp3) is 0.565. The molecule has 2 aromatic heterocycles. The molecule has 0 bridgehead atoms. The van der Waals surface area contributed by atoms with E-state index in [-0.39, 0.29) is 5.60 Å². The van der Waals surface area contributed by atoms with Crippen LogP contribution in [0.25, 0.3) is 0 Å². The van der Waals surface area contributed by atoms with E-state index in [9.17, 15) is 26.3 Å². The van der Waals surface area contributed by atoms with E-state index in [1.807, 2.05) is 23.0 Å². The van der Waals surface area contributed by atoms with Crippen molar-refractivity contribution in [1.82, 2.24) is 19.7 Å². The van der Waals surface area contributed by atoms with E-state index in [1.165, 1.54) is 5.56 Å². The van der Waals surface area contributed by atoms with Gasteiger partial charge in [-0.2, -0.15) is 31.4 Å². The lowest BCUT2D eigenvalue weighted by molar-refractivity contribution is -0.193. The van der Waals surface area contributed by atoms with Gasteiger partial charge in [0.15, 0.2) is 0 Å². The zero-order chi connectivity index (χ0) is 29.3. The Hall–Kier alpha value is -3.40. The minimum atomic E-state index is -5.08. The average Bonchev–Trinajstić information content (AvgIpc) is 3.46. The molecule has 218 valence electrons. The van der Waals surface area contributed by atoms with Crippen LogP contribution in [0.1, 0.15) is 25.3 Å². The van der Waals surface area contributed by atoms with Crippen LogP contribution in [0.15, 0.2) is 36.9 Å². The van der Waals surface area contributed by atoms with Gasteiger partial charge in [-0.3, -0.25) is 14.6 Å². The molecule has 4 rings (SSSR count). The third kappa shape index (κ3) is 10.0. The lowest BCUT2D eigenvalue weighted by Gasteiger charge is -2.50. The van der Waals surface area contributed by atoms with Gasteiger partial charge in [-0.25, -0.2) is 9.59 Å². The number of carboxylic acids is 2. The molecule has 0 amide bonds. The average molecular weight is 570 g/mol.